The first-order chi connectivity index (χ1) is 6.11. The van der Waals surface area contributed by atoms with E-state index < -0.39 is 0 Å². The maximum absolute atomic E-state index is 6.03. The minimum absolute atomic E-state index is 0.541. The SMILES string of the molecule is COc1cc(C)c(Br)c(Cl)c1OC. The zero-order valence-electron chi connectivity index (χ0n) is 7.65. The molecule has 2 nitrogen and oxygen atoms in total. The highest BCUT2D eigenvalue weighted by atomic mass is 79.9. The Kier molecular flexibility index (Phi) is 3.45. The molecule has 0 bridgehead atoms. The summed E-state index contributed by atoms with van der Waals surface area (Å²) in [5.74, 6) is 1.20. The van der Waals surface area contributed by atoms with Gasteiger partial charge < -0.3 is 9.47 Å². The lowest BCUT2D eigenvalue weighted by molar-refractivity contribution is 0.354. The summed E-state index contributed by atoms with van der Waals surface area (Å²) >= 11 is 9.40. The molecule has 0 aliphatic carbocycles. The fraction of sp³-hybridized carbons (Fsp3) is 0.333. The molecule has 0 amide bonds. The Morgan fingerprint density at radius 2 is 1.92 bits per heavy atom. The fourth-order valence-electron chi connectivity index (χ4n) is 1.05. The first kappa shape index (κ1) is 10.7. The van der Waals surface area contributed by atoms with Gasteiger partial charge in [0.25, 0.3) is 0 Å². The Morgan fingerprint density at radius 1 is 1.31 bits per heavy atom. The third-order valence-corrected chi connectivity index (χ3v) is 3.34. The van der Waals surface area contributed by atoms with Crippen LogP contribution in [0.4, 0.5) is 0 Å². The van der Waals surface area contributed by atoms with Crippen LogP contribution in [0.3, 0.4) is 0 Å². The van der Waals surface area contributed by atoms with Crippen molar-refractivity contribution >= 4 is 27.5 Å². The van der Waals surface area contributed by atoms with Crippen molar-refractivity contribution in [3.8, 4) is 11.5 Å². The lowest BCUT2D eigenvalue weighted by atomic mass is 10.2. The van der Waals surface area contributed by atoms with Crippen LogP contribution in [0.1, 0.15) is 5.56 Å². The molecule has 1 aromatic rings. The van der Waals surface area contributed by atoms with Crippen LogP contribution < -0.4 is 9.47 Å². The molecule has 4 heteroatoms. The van der Waals surface area contributed by atoms with E-state index in [0.717, 1.165) is 10.0 Å². The lowest BCUT2D eigenvalue weighted by Crippen LogP contribution is -1.93. The molecule has 0 saturated heterocycles. The number of ether oxygens (including phenoxy) is 2. The van der Waals surface area contributed by atoms with Crippen molar-refractivity contribution in [3.63, 3.8) is 0 Å². The molecule has 0 unspecified atom stereocenters. The normalized spacial score (nSPS) is 9.92. The van der Waals surface area contributed by atoms with Crippen molar-refractivity contribution in [2.45, 2.75) is 6.92 Å². The van der Waals surface area contributed by atoms with E-state index in [1.807, 2.05) is 13.0 Å². The Hall–Kier alpha value is -0.410. The van der Waals surface area contributed by atoms with Crippen LogP contribution in [-0.2, 0) is 0 Å². The van der Waals surface area contributed by atoms with E-state index in [-0.39, 0.29) is 0 Å². The standard InChI is InChI=1S/C9H10BrClO2/c1-5-4-6(12-2)9(13-3)8(11)7(5)10/h4H,1-3H3. The highest BCUT2D eigenvalue weighted by Gasteiger charge is 2.13. The van der Waals surface area contributed by atoms with Crippen molar-refractivity contribution in [3.05, 3.63) is 21.1 Å². The second kappa shape index (κ2) is 4.20. The smallest absolute Gasteiger partial charge is 0.180 e. The van der Waals surface area contributed by atoms with Gasteiger partial charge in [0.15, 0.2) is 11.5 Å². The quantitative estimate of drug-likeness (QED) is 0.816. The average molecular weight is 266 g/mol. The predicted molar refractivity (Wildman–Crippen MR) is 57.0 cm³/mol. The second-order valence-electron chi connectivity index (χ2n) is 2.56. The fourth-order valence-corrected chi connectivity index (χ4v) is 1.66. The molecule has 1 aromatic carbocycles. The van der Waals surface area contributed by atoms with Gasteiger partial charge in [-0.25, -0.2) is 0 Å². The predicted octanol–water partition coefficient (Wildman–Crippen LogP) is 3.43. The van der Waals surface area contributed by atoms with Gasteiger partial charge in [0.2, 0.25) is 0 Å². The molecule has 13 heavy (non-hydrogen) atoms. The number of aryl methyl sites for hydroxylation is 1. The molecule has 0 saturated carbocycles. The zero-order valence-corrected chi connectivity index (χ0v) is 9.99. The van der Waals surface area contributed by atoms with Gasteiger partial charge in [-0.3, -0.25) is 0 Å². The molecular weight excluding hydrogens is 255 g/mol. The molecule has 0 N–H and O–H groups in total. The van der Waals surface area contributed by atoms with Gasteiger partial charge in [0, 0.05) is 4.47 Å². The largest absolute Gasteiger partial charge is 0.493 e. The van der Waals surface area contributed by atoms with Crippen LogP contribution in [0.5, 0.6) is 11.5 Å². The summed E-state index contributed by atoms with van der Waals surface area (Å²) in [6.45, 7) is 1.94. The summed E-state index contributed by atoms with van der Waals surface area (Å²) in [5, 5.41) is 0.541. The molecule has 1 rings (SSSR count). The van der Waals surface area contributed by atoms with E-state index in [2.05, 4.69) is 15.9 Å². The average Bonchev–Trinajstić information content (AvgIpc) is 2.13. The maximum Gasteiger partial charge on any atom is 0.180 e. The molecule has 0 atom stereocenters. The van der Waals surface area contributed by atoms with Crippen molar-refractivity contribution in [1.29, 1.82) is 0 Å². The number of methoxy groups -OCH3 is 2. The van der Waals surface area contributed by atoms with Gasteiger partial charge in [-0.1, -0.05) is 11.6 Å². The molecule has 0 aromatic heterocycles. The number of hydrogen-bond acceptors (Lipinski definition) is 2. The number of hydrogen-bond donors (Lipinski definition) is 0. The van der Waals surface area contributed by atoms with Crippen LogP contribution >= 0.6 is 27.5 Å². The topological polar surface area (TPSA) is 18.5 Å². The van der Waals surface area contributed by atoms with Crippen LogP contribution in [0, 0.1) is 6.92 Å². The number of benzene rings is 1. The highest BCUT2D eigenvalue weighted by molar-refractivity contribution is 9.10. The molecule has 0 aliphatic heterocycles. The molecule has 0 heterocycles. The lowest BCUT2D eigenvalue weighted by Gasteiger charge is -2.12. The van der Waals surface area contributed by atoms with Gasteiger partial charge in [-0.15, -0.1) is 0 Å². The Bertz CT molecular complexity index is 326. The van der Waals surface area contributed by atoms with Gasteiger partial charge in [-0.2, -0.15) is 0 Å². The van der Waals surface area contributed by atoms with Gasteiger partial charge in [0.1, 0.15) is 5.02 Å². The van der Waals surface area contributed by atoms with Crippen molar-refractivity contribution in [2.75, 3.05) is 14.2 Å². The van der Waals surface area contributed by atoms with E-state index in [0.29, 0.717) is 16.5 Å². The first-order valence-electron chi connectivity index (χ1n) is 3.68. The summed E-state index contributed by atoms with van der Waals surface area (Å²) in [7, 11) is 3.15. The van der Waals surface area contributed by atoms with Gasteiger partial charge in [0.05, 0.1) is 14.2 Å². The third-order valence-electron chi connectivity index (χ3n) is 1.73. The summed E-state index contributed by atoms with van der Waals surface area (Å²) < 4.78 is 11.1. The number of rotatable bonds is 2. The third kappa shape index (κ3) is 1.92. The van der Waals surface area contributed by atoms with Crippen LogP contribution in [-0.4, -0.2) is 14.2 Å². The summed E-state index contributed by atoms with van der Waals surface area (Å²) in [4.78, 5) is 0. The molecule has 0 spiro atoms. The van der Waals surface area contributed by atoms with Crippen molar-refractivity contribution in [1.82, 2.24) is 0 Å². The second-order valence-corrected chi connectivity index (χ2v) is 3.73. The molecule has 0 aliphatic rings. The molecular formula is C9H10BrClO2. The van der Waals surface area contributed by atoms with E-state index in [4.69, 9.17) is 21.1 Å². The van der Waals surface area contributed by atoms with Crippen LogP contribution in [0.25, 0.3) is 0 Å². The maximum atomic E-state index is 6.03. The van der Waals surface area contributed by atoms with E-state index in [1.165, 1.54) is 0 Å². The molecule has 72 valence electrons. The number of halogens is 2. The van der Waals surface area contributed by atoms with Gasteiger partial charge >= 0.3 is 0 Å². The van der Waals surface area contributed by atoms with Gasteiger partial charge in [-0.05, 0) is 34.5 Å². The summed E-state index contributed by atoms with van der Waals surface area (Å²) in [6.07, 6.45) is 0. The molecule has 0 radical (unpaired) electrons. The van der Waals surface area contributed by atoms with E-state index >= 15 is 0 Å². The van der Waals surface area contributed by atoms with E-state index in [9.17, 15) is 0 Å². The Morgan fingerprint density at radius 3 is 2.38 bits per heavy atom. The van der Waals surface area contributed by atoms with Crippen molar-refractivity contribution in [2.24, 2.45) is 0 Å². The van der Waals surface area contributed by atoms with Crippen LogP contribution in [0.15, 0.2) is 10.5 Å². The van der Waals surface area contributed by atoms with Crippen LogP contribution in [0.2, 0.25) is 5.02 Å². The minimum atomic E-state index is 0.541. The summed E-state index contributed by atoms with van der Waals surface area (Å²) in [6, 6.07) is 1.87. The van der Waals surface area contributed by atoms with E-state index in [1.54, 1.807) is 14.2 Å². The highest BCUT2D eigenvalue weighted by Crippen LogP contribution is 2.41. The Balaban J connectivity index is 3.39. The monoisotopic (exact) mass is 264 g/mol. The summed E-state index contributed by atoms with van der Waals surface area (Å²) in [5.41, 5.74) is 1.02. The molecule has 0 fully saturated rings. The minimum Gasteiger partial charge on any atom is -0.493 e. The zero-order chi connectivity index (χ0) is 10.0. The Labute approximate surface area is 90.9 Å². The first-order valence-corrected chi connectivity index (χ1v) is 4.85. The van der Waals surface area contributed by atoms with Crippen molar-refractivity contribution < 1.29 is 9.47 Å².